The number of hydrogen-bond acceptors (Lipinski definition) is 1. The molecule has 0 aromatic heterocycles. The summed E-state index contributed by atoms with van der Waals surface area (Å²) in [5, 5.41) is 0. The first kappa shape index (κ1) is 9.52. The highest BCUT2D eigenvalue weighted by Crippen LogP contribution is 2.47. The molecule has 0 saturated heterocycles. The Balaban J connectivity index is 2.44. The second-order valence-electron chi connectivity index (χ2n) is 3.57. The highest BCUT2D eigenvalue weighted by molar-refractivity contribution is 5.38. The van der Waals surface area contributed by atoms with Crippen molar-refractivity contribution < 1.29 is 13.2 Å². The van der Waals surface area contributed by atoms with Gasteiger partial charge in [-0.15, -0.1) is 0 Å². The highest BCUT2D eigenvalue weighted by Gasteiger charge is 2.46. The fraction of sp³-hybridized carbons (Fsp3) is 0.400. The summed E-state index contributed by atoms with van der Waals surface area (Å²) in [6.07, 6.45) is -4.20. The lowest BCUT2D eigenvalue weighted by atomic mass is 10.0. The number of nitrogens with two attached hydrogens (primary N) is 1. The summed E-state index contributed by atoms with van der Waals surface area (Å²) in [5.74, 6) is -1.38. The van der Waals surface area contributed by atoms with Crippen LogP contribution in [0.25, 0.3) is 0 Å². The Morgan fingerprint density at radius 2 is 1.71 bits per heavy atom. The quantitative estimate of drug-likeness (QED) is 0.686. The van der Waals surface area contributed by atoms with Crippen LogP contribution in [0.4, 0.5) is 13.2 Å². The zero-order valence-corrected chi connectivity index (χ0v) is 7.38. The van der Waals surface area contributed by atoms with E-state index < -0.39 is 18.1 Å². The molecule has 4 heteroatoms. The number of fused-ring (bicyclic) bond motifs is 1. The highest BCUT2D eigenvalue weighted by atomic mass is 19.4. The lowest BCUT2D eigenvalue weighted by molar-refractivity contribution is -0.150. The molecule has 0 saturated carbocycles. The zero-order chi connectivity index (χ0) is 10.3. The maximum atomic E-state index is 12.6. The smallest absolute Gasteiger partial charge is 0.324 e. The molecule has 0 spiro atoms. The van der Waals surface area contributed by atoms with Gasteiger partial charge in [-0.05, 0) is 17.5 Å². The Morgan fingerprint density at radius 3 is 2.29 bits per heavy atom. The van der Waals surface area contributed by atoms with Gasteiger partial charge in [0.1, 0.15) is 0 Å². The first-order valence-electron chi connectivity index (χ1n) is 4.41. The van der Waals surface area contributed by atoms with Gasteiger partial charge in [-0.25, -0.2) is 0 Å². The van der Waals surface area contributed by atoms with Crippen LogP contribution in [0.15, 0.2) is 24.3 Å². The Bertz CT molecular complexity index is 345. The number of rotatable bonds is 0. The summed E-state index contributed by atoms with van der Waals surface area (Å²) < 4.78 is 37.7. The minimum atomic E-state index is -4.18. The second-order valence-corrected chi connectivity index (χ2v) is 3.57. The summed E-state index contributed by atoms with van der Waals surface area (Å²) in [4.78, 5) is 0. The van der Waals surface area contributed by atoms with Crippen LogP contribution in [0.1, 0.15) is 29.5 Å². The molecule has 1 aliphatic rings. The average Bonchev–Trinajstić information content (AvgIpc) is 2.44. The molecule has 1 aliphatic carbocycles. The standard InChI is InChI=1S/C10H10F3N/c11-10(12,13)8-5-9(14)7-4-2-1-3-6(7)8/h1-4,8-9H,5,14H2/t8-,9-/m0/s1. The molecule has 0 fully saturated rings. The van der Waals surface area contributed by atoms with Crippen molar-refractivity contribution in [3.8, 4) is 0 Å². The molecule has 0 aliphatic heterocycles. The van der Waals surface area contributed by atoms with Crippen LogP contribution in [0.3, 0.4) is 0 Å². The normalized spacial score (nSPS) is 26.3. The van der Waals surface area contributed by atoms with Gasteiger partial charge in [0, 0.05) is 6.04 Å². The summed E-state index contributed by atoms with van der Waals surface area (Å²) in [5.41, 5.74) is 6.61. The molecule has 1 aromatic rings. The van der Waals surface area contributed by atoms with Gasteiger partial charge in [0.2, 0.25) is 0 Å². The molecule has 1 nitrogen and oxygen atoms in total. The number of alkyl halides is 3. The van der Waals surface area contributed by atoms with E-state index in [4.69, 9.17) is 5.73 Å². The largest absolute Gasteiger partial charge is 0.395 e. The lowest BCUT2D eigenvalue weighted by Crippen LogP contribution is -2.19. The molecule has 0 unspecified atom stereocenters. The number of halogens is 3. The molecule has 76 valence electrons. The molecule has 0 amide bonds. The molecule has 2 atom stereocenters. The average molecular weight is 201 g/mol. The van der Waals surface area contributed by atoms with Crippen LogP contribution in [-0.4, -0.2) is 6.18 Å². The van der Waals surface area contributed by atoms with Gasteiger partial charge in [-0.1, -0.05) is 24.3 Å². The minimum Gasteiger partial charge on any atom is -0.324 e. The predicted molar refractivity (Wildman–Crippen MR) is 46.8 cm³/mol. The van der Waals surface area contributed by atoms with Crippen molar-refractivity contribution in [1.29, 1.82) is 0 Å². The van der Waals surface area contributed by atoms with Crippen LogP contribution in [0, 0.1) is 0 Å². The van der Waals surface area contributed by atoms with Gasteiger partial charge < -0.3 is 5.73 Å². The monoisotopic (exact) mass is 201 g/mol. The van der Waals surface area contributed by atoms with Crippen LogP contribution in [0.5, 0.6) is 0 Å². The molecule has 0 heterocycles. The number of hydrogen-bond donors (Lipinski definition) is 1. The first-order valence-corrected chi connectivity index (χ1v) is 4.41. The van der Waals surface area contributed by atoms with Crippen molar-refractivity contribution in [3.63, 3.8) is 0 Å². The fourth-order valence-corrected chi connectivity index (χ4v) is 1.98. The van der Waals surface area contributed by atoms with Crippen LogP contribution in [-0.2, 0) is 0 Å². The van der Waals surface area contributed by atoms with E-state index in [0.29, 0.717) is 11.1 Å². The molecule has 0 radical (unpaired) electrons. The van der Waals surface area contributed by atoms with Gasteiger partial charge in [0.15, 0.2) is 0 Å². The maximum absolute atomic E-state index is 12.6. The predicted octanol–water partition coefficient (Wildman–Crippen LogP) is 2.74. The second kappa shape index (κ2) is 2.98. The molecular weight excluding hydrogens is 191 g/mol. The molecule has 2 N–H and O–H groups in total. The van der Waals surface area contributed by atoms with Crippen LogP contribution < -0.4 is 5.73 Å². The number of benzene rings is 1. The van der Waals surface area contributed by atoms with Crippen LogP contribution >= 0.6 is 0 Å². The van der Waals surface area contributed by atoms with E-state index in [1.165, 1.54) is 6.07 Å². The van der Waals surface area contributed by atoms with E-state index >= 15 is 0 Å². The minimum absolute atomic E-state index is 0.0250. The van der Waals surface area contributed by atoms with Crippen molar-refractivity contribution in [2.45, 2.75) is 24.6 Å². The molecule has 0 bridgehead atoms. The summed E-state index contributed by atoms with van der Waals surface area (Å²) >= 11 is 0. The van der Waals surface area contributed by atoms with E-state index in [9.17, 15) is 13.2 Å². The Kier molecular flexibility index (Phi) is 2.03. The summed E-state index contributed by atoms with van der Waals surface area (Å²) in [6, 6.07) is 6.05. The van der Waals surface area contributed by atoms with Gasteiger partial charge in [0.25, 0.3) is 0 Å². The lowest BCUT2D eigenvalue weighted by Gasteiger charge is -2.15. The van der Waals surface area contributed by atoms with E-state index in [1.807, 2.05) is 0 Å². The van der Waals surface area contributed by atoms with Crippen molar-refractivity contribution in [1.82, 2.24) is 0 Å². The third-order valence-electron chi connectivity index (χ3n) is 2.66. The zero-order valence-electron chi connectivity index (χ0n) is 7.38. The maximum Gasteiger partial charge on any atom is 0.395 e. The first-order chi connectivity index (χ1) is 6.50. The Hall–Kier alpha value is -1.03. The third-order valence-corrected chi connectivity index (χ3v) is 2.66. The Morgan fingerprint density at radius 1 is 1.14 bits per heavy atom. The van der Waals surface area contributed by atoms with Crippen LogP contribution in [0.2, 0.25) is 0 Å². The fourth-order valence-electron chi connectivity index (χ4n) is 1.98. The van der Waals surface area contributed by atoms with Crippen molar-refractivity contribution in [3.05, 3.63) is 35.4 Å². The van der Waals surface area contributed by atoms with E-state index in [1.54, 1.807) is 18.2 Å². The summed E-state index contributed by atoms with van der Waals surface area (Å²) in [6.45, 7) is 0. The van der Waals surface area contributed by atoms with E-state index in [-0.39, 0.29) is 6.42 Å². The summed E-state index contributed by atoms with van der Waals surface area (Å²) in [7, 11) is 0. The van der Waals surface area contributed by atoms with Crippen molar-refractivity contribution >= 4 is 0 Å². The van der Waals surface area contributed by atoms with Crippen molar-refractivity contribution in [2.75, 3.05) is 0 Å². The molecular formula is C10H10F3N. The van der Waals surface area contributed by atoms with Crippen molar-refractivity contribution in [2.24, 2.45) is 5.73 Å². The SMILES string of the molecule is N[C@H]1C[C@H](C(F)(F)F)c2ccccc21. The van der Waals surface area contributed by atoms with E-state index in [0.717, 1.165) is 0 Å². The van der Waals surface area contributed by atoms with Gasteiger partial charge in [-0.3, -0.25) is 0 Å². The van der Waals surface area contributed by atoms with E-state index in [2.05, 4.69) is 0 Å². The Labute approximate surface area is 79.7 Å². The van der Waals surface area contributed by atoms with Gasteiger partial charge >= 0.3 is 6.18 Å². The van der Waals surface area contributed by atoms with Gasteiger partial charge in [-0.2, -0.15) is 13.2 Å². The molecule has 14 heavy (non-hydrogen) atoms. The van der Waals surface area contributed by atoms with Gasteiger partial charge in [0.05, 0.1) is 5.92 Å². The topological polar surface area (TPSA) is 26.0 Å². The molecule has 1 aromatic carbocycles. The molecule has 2 rings (SSSR count). The third kappa shape index (κ3) is 1.39.